The Hall–Kier alpha value is -1.68. The topological polar surface area (TPSA) is 48.4 Å². The predicted molar refractivity (Wildman–Crippen MR) is 88.7 cm³/mol. The lowest BCUT2D eigenvalue weighted by atomic mass is 10.2. The van der Waals surface area contributed by atoms with Crippen molar-refractivity contribution in [3.8, 4) is 5.88 Å². The molecule has 106 valence electrons. The number of hydrogen-bond acceptors (Lipinski definition) is 2. The van der Waals surface area contributed by atoms with E-state index in [1.165, 1.54) is 0 Å². The third kappa shape index (κ3) is 2.86. The van der Waals surface area contributed by atoms with Crippen LogP contribution in [0.15, 0.2) is 41.4 Å². The molecule has 0 saturated carbocycles. The number of halogens is 3. The average Bonchev–Trinajstić information content (AvgIpc) is 2.75. The third-order valence-corrected chi connectivity index (χ3v) is 4.00. The van der Waals surface area contributed by atoms with Gasteiger partial charge in [-0.3, -0.25) is 4.99 Å². The highest BCUT2D eigenvalue weighted by Gasteiger charge is 2.09. The van der Waals surface area contributed by atoms with Gasteiger partial charge in [-0.1, -0.05) is 40.9 Å². The van der Waals surface area contributed by atoms with Gasteiger partial charge in [0.15, 0.2) is 5.88 Å². The molecule has 21 heavy (non-hydrogen) atoms. The smallest absolute Gasteiger partial charge is 0.198 e. The summed E-state index contributed by atoms with van der Waals surface area (Å²) < 4.78 is 0. The van der Waals surface area contributed by atoms with Crippen LogP contribution >= 0.6 is 34.8 Å². The molecule has 0 atom stereocenters. The molecule has 3 rings (SSSR count). The molecule has 0 unspecified atom stereocenters. The lowest BCUT2D eigenvalue weighted by Crippen LogP contribution is -1.79. The Balaban J connectivity index is 2.02. The van der Waals surface area contributed by atoms with Crippen LogP contribution in [0.25, 0.3) is 10.9 Å². The molecule has 0 saturated heterocycles. The van der Waals surface area contributed by atoms with E-state index in [0.717, 1.165) is 10.9 Å². The van der Waals surface area contributed by atoms with Crippen molar-refractivity contribution in [3.05, 3.63) is 57.0 Å². The maximum absolute atomic E-state index is 9.96. The molecule has 1 aromatic heterocycles. The van der Waals surface area contributed by atoms with E-state index in [0.29, 0.717) is 26.3 Å². The molecule has 3 nitrogen and oxygen atoms in total. The second kappa shape index (κ2) is 5.60. The minimum absolute atomic E-state index is 0.0380. The molecule has 0 aliphatic heterocycles. The largest absolute Gasteiger partial charge is 0.494 e. The summed E-state index contributed by atoms with van der Waals surface area (Å²) in [6.07, 6.45) is 1.57. The number of nitrogens with one attached hydrogen (secondary N) is 1. The van der Waals surface area contributed by atoms with E-state index in [-0.39, 0.29) is 5.88 Å². The van der Waals surface area contributed by atoms with Crippen molar-refractivity contribution in [1.82, 2.24) is 4.98 Å². The highest BCUT2D eigenvalue weighted by atomic mass is 35.5. The number of hydrogen-bond donors (Lipinski definition) is 2. The van der Waals surface area contributed by atoms with Crippen LogP contribution in [0, 0.1) is 0 Å². The average molecular weight is 340 g/mol. The first kappa shape index (κ1) is 14.3. The van der Waals surface area contributed by atoms with Gasteiger partial charge >= 0.3 is 0 Å². The van der Waals surface area contributed by atoms with Gasteiger partial charge in [0.05, 0.1) is 26.8 Å². The standard InChI is InChI=1S/C15H9Cl3N2O/c16-8-1-3-10-11(15(21)20-14(10)5-8)7-19-9-2-4-12(17)13(18)6-9/h1-7,20-21H. The van der Waals surface area contributed by atoms with E-state index in [2.05, 4.69) is 9.98 Å². The van der Waals surface area contributed by atoms with Crippen LogP contribution < -0.4 is 0 Å². The minimum Gasteiger partial charge on any atom is -0.494 e. The molecule has 0 aliphatic carbocycles. The summed E-state index contributed by atoms with van der Waals surface area (Å²) >= 11 is 17.7. The first-order valence-electron chi connectivity index (χ1n) is 6.04. The van der Waals surface area contributed by atoms with E-state index >= 15 is 0 Å². The number of nitrogens with zero attached hydrogens (tertiary/aromatic N) is 1. The molecular weight excluding hydrogens is 331 g/mol. The van der Waals surface area contributed by atoms with Crippen LogP contribution in [0.1, 0.15) is 5.56 Å². The first-order valence-corrected chi connectivity index (χ1v) is 7.17. The zero-order valence-electron chi connectivity index (χ0n) is 10.6. The van der Waals surface area contributed by atoms with E-state index in [1.807, 2.05) is 6.07 Å². The Morgan fingerprint density at radius 1 is 1.00 bits per heavy atom. The maximum atomic E-state index is 9.96. The Labute approximate surface area is 135 Å². The maximum Gasteiger partial charge on any atom is 0.198 e. The van der Waals surface area contributed by atoms with E-state index in [1.54, 1.807) is 36.5 Å². The quantitative estimate of drug-likeness (QED) is 0.588. The van der Waals surface area contributed by atoms with Crippen molar-refractivity contribution in [1.29, 1.82) is 0 Å². The van der Waals surface area contributed by atoms with Crippen molar-refractivity contribution >= 4 is 57.6 Å². The van der Waals surface area contributed by atoms with Gasteiger partial charge in [-0.25, -0.2) is 0 Å². The van der Waals surface area contributed by atoms with Crippen LogP contribution in [-0.4, -0.2) is 16.3 Å². The third-order valence-electron chi connectivity index (χ3n) is 3.03. The van der Waals surface area contributed by atoms with Crippen LogP contribution in [0.2, 0.25) is 15.1 Å². The summed E-state index contributed by atoms with van der Waals surface area (Å²) in [6.45, 7) is 0. The fourth-order valence-corrected chi connectivity index (χ4v) is 2.48. The number of aliphatic imine (C=N–C) groups is 1. The lowest BCUT2D eigenvalue weighted by Gasteiger charge is -1.97. The Morgan fingerprint density at radius 2 is 1.81 bits per heavy atom. The fraction of sp³-hybridized carbons (Fsp3) is 0. The number of fused-ring (bicyclic) bond motifs is 1. The number of aromatic hydroxyl groups is 1. The van der Waals surface area contributed by atoms with Crippen LogP contribution in [0.4, 0.5) is 5.69 Å². The van der Waals surface area contributed by atoms with Crippen molar-refractivity contribution in [2.24, 2.45) is 4.99 Å². The molecule has 2 N–H and O–H groups in total. The number of benzene rings is 2. The molecule has 0 fully saturated rings. The van der Waals surface area contributed by atoms with Crippen molar-refractivity contribution in [3.63, 3.8) is 0 Å². The van der Waals surface area contributed by atoms with Crippen LogP contribution in [-0.2, 0) is 0 Å². The summed E-state index contributed by atoms with van der Waals surface area (Å²) in [6, 6.07) is 10.4. The molecule has 3 aromatic rings. The summed E-state index contributed by atoms with van der Waals surface area (Å²) in [5.74, 6) is 0.0380. The number of rotatable bonds is 2. The molecule has 0 amide bonds. The number of H-pyrrole nitrogens is 1. The van der Waals surface area contributed by atoms with Gasteiger partial charge < -0.3 is 10.1 Å². The van der Waals surface area contributed by atoms with Crippen molar-refractivity contribution < 1.29 is 5.11 Å². The Kier molecular flexibility index (Phi) is 3.81. The summed E-state index contributed by atoms with van der Waals surface area (Å²) in [5.41, 5.74) is 1.98. The van der Waals surface area contributed by atoms with Crippen LogP contribution in [0.5, 0.6) is 5.88 Å². The van der Waals surface area contributed by atoms with Gasteiger partial charge in [-0.2, -0.15) is 0 Å². The summed E-state index contributed by atoms with van der Waals surface area (Å²) in [5, 5.41) is 12.3. The van der Waals surface area contributed by atoms with Gasteiger partial charge in [0.1, 0.15) is 0 Å². The van der Waals surface area contributed by atoms with Gasteiger partial charge in [-0.05, 0) is 30.3 Å². The zero-order valence-corrected chi connectivity index (χ0v) is 12.8. The molecule has 0 radical (unpaired) electrons. The molecule has 6 heteroatoms. The molecular formula is C15H9Cl3N2O. The normalized spacial score (nSPS) is 11.6. The molecule has 2 aromatic carbocycles. The molecule has 1 heterocycles. The zero-order chi connectivity index (χ0) is 15.0. The number of aromatic nitrogens is 1. The second-order valence-electron chi connectivity index (χ2n) is 4.43. The highest BCUT2D eigenvalue weighted by molar-refractivity contribution is 6.42. The van der Waals surface area contributed by atoms with E-state index in [4.69, 9.17) is 34.8 Å². The fourth-order valence-electron chi connectivity index (χ4n) is 2.01. The Morgan fingerprint density at radius 3 is 2.57 bits per heavy atom. The lowest BCUT2D eigenvalue weighted by molar-refractivity contribution is 0.457. The predicted octanol–water partition coefficient (Wildman–Crippen LogP) is 5.58. The van der Waals surface area contributed by atoms with Gasteiger partial charge in [0, 0.05) is 16.6 Å². The van der Waals surface area contributed by atoms with Gasteiger partial charge in [0.25, 0.3) is 0 Å². The van der Waals surface area contributed by atoms with E-state index in [9.17, 15) is 5.11 Å². The monoisotopic (exact) mass is 338 g/mol. The molecule has 0 spiro atoms. The van der Waals surface area contributed by atoms with Gasteiger partial charge in [-0.15, -0.1) is 0 Å². The van der Waals surface area contributed by atoms with E-state index < -0.39 is 0 Å². The Bertz CT molecular complexity index is 855. The van der Waals surface area contributed by atoms with Crippen molar-refractivity contribution in [2.75, 3.05) is 0 Å². The van der Waals surface area contributed by atoms with Crippen molar-refractivity contribution in [2.45, 2.75) is 0 Å². The number of aromatic amines is 1. The molecule has 0 bridgehead atoms. The molecule has 0 aliphatic rings. The second-order valence-corrected chi connectivity index (χ2v) is 5.68. The SMILES string of the molecule is Oc1[nH]c2cc(Cl)ccc2c1C=Nc1ccc(Cl)c(Cl)c1. The highest BCUT2D eigenvalue weighted by Crippen LogP contribution is 2.30. The first-order chi connectivity index (χ1) is 10.0. The van der Waals surface area contributed by atoms with Crippen LogP contribution in [0.3, 0.4) is 0 Å². The van der Waals surface area contributed by atoms with Gasteiger partial charge in [0.2, 0.25) is 0 Å². The summed E-state index contributed by atoms with van der Waals surface area (Å²) in [7, 11) is 0. The summed E-state index contributed by atoms with van der Waals surface area (Å²) in [4.78, 5) is 7.16. The minimum atomic E-state index is 0.0380.